The Labute approximate surface area is 139 Å². The van der Waals surface area contributed by atoms with Crippen LogP contribution in [0.25, 0.3) is 10.1 Å². The highest BCUT2D eigenvalue weighted by Crippen LogP contribution is 2.35. The van der Waals surface area contributed by atoms with Gasteiger partial charge in [0.2, 0.25) is 0 Å². The first-order valence-electron chi connectivity index (χ1n) is 7.39. The van der Waals surface area contributed by atoms with Gasteiger partial charge in [0, 0.05) is 19.2 Å². The number of aromatic nitrogens is 1. The van der Waals surface area contributed by atoms with Crippen LogP contribution < -0.4 is 10.5 Å². The smallest absolute Gasteiger partial charge is 0.294 e. The number of nitro groups is 2. The Morgan fingerprint density at radius 1 is 1.21 bits per heavy atom. The number of rotatable bonds is 3. The Hall–Kier alpha value is -2.62. The molecule has 2 aromatic rings. The van der Waals surface area contributed by atoms with Crippen molar-refractivity contribution in [2.24, 2.45) is 5.92 Å². The standard InChI is InChI=1S/C14H14N4O5S/c1-8-2-4-16(5-3-8)14-15-13(19)10-6-9(17(20)21)7-11(18(22)23)12(10)24-14/h6-8H,2-5H2,1H3. The van der Waals surface area contributed by atoms with E-state index in [4.69, 9.17) is 0 Å². The highest BCUT2D eigenvalue weighted by atomic mass is 32.1. The third kappa shape index (κ3) is 2.92. The van der Waals surface area contributed by atoms with E-state index in [1.165, 1.54) is 0 Å². The molecule has 0 saturated carbocycles. The number of nitro benzene ring substituents is 2. The molecule has 0 unspecified atom stereocenters. The first-order valence-corrected chi connectivity index (χ1v) is 8.21. The quantitative estimate of drug-likeness (QED) is 0.616. The van der Waals surface area contributed by atoms with Gasteiger partial charge in [-0.25, -0.2) is 0 Å². The summed E-state index contributed by atoms with van der Waals surface area (Å²) in [5, 5.41) is 22.6. The number of fused-ring (bicyclic) bond motifs is 1. The van der Waals surface area contributed by atoms with Crippen molar-refractivity contribution in [1.82, 2.24) is 4.98 Å². The minimum atomic E-state index is -0.753. The van der Waals surface area contributed by atoms with Gasteiger partial charge in [0.25, 0.3) is 16.9 Å². The Kier molecular flexibility index (Phi) is 4.14. The Balaban J connectivity index is 2.18. The van der Waals surface area contributed by atoms with Gasteiger partial charge in [-0.15, -0.1) is 0 Å². The lowest BCUT2D eigenvalue weighted by atomic mass is 10.00. The number of benzene rings is 1. The van der Waals surface area contributed by atoms with Crippen molar-refractivity contribution >= 4 is 37.9 Å². The molecule has 0 amide bonds. The summed E-state index contributed by atoms with van der Waals surface area (Å²) in [4.78, 5) is 39.0. The Morgan fingerprint density at radius 2 is 1.88 bits per heavy atom. The van der Waals surface area contributed by atoms with Crippen molar-refractivity contribution < 1.29 is 9.85 Å². The predicted octanol–water partition coefficient (Wildman–Crippen LogP) is 2.71. The molecule has 0 atom stereocenters. The van der Waals surface area contributed by atoms with Gasteiger partial charge in [0.1, 0.15) is 4.70 Å². The number of hydrogen-bond acceptors (Lipinski definition) is 8. The fraction of sp³-hybridized carbons (Fsp3) is 0.429. The summed E-state index contributed by atoms with van der Waals surface area (Å²) in [5.74, 6) is 0.593. The third-order valence-electron chi connectivity index (χ3n) is 4.14. The van der Waals surface area contributed by atoms with Crippen molar-refractivity contribution in [1.29, 1.82) is 0 Å². The zero-order valence-corrected chi connectivity index (χ0v) is 13.6. The largest absolute Gasteiger partial charge is 0.348 e. The molecule has 1 saturated heterocycles. The molecule has 0 radical (unpaired) electrons. The Bertz CT molecular complexity index is 889. The Morgan fingerprint density at radius 3 is 2.46 bits per heavy atom. The van der Waals surface area contributed by atoms with E-state index in [0.29, 0.717) is 11.0 Å². The fourth-order valence-corrected chi connectivity index (χ4v) is 3.82. The molecular formula is C14H14N4O5S. The lowest BCUT2D eigenvalue weighted by Gasteiger charge is -2.30. The van der Waals surface area contributed by atoms with Crippen LogP contribution in [0.2, 0.25) is 0 Å². The van der Waals surface area contributed by atoms with Crippen LogP contribution in [-0.2, 0) is 0 Å². The third-order valence-corrected chi connectivity index (χ3v) is 5.30. The van der Waals surface area contributed by atoms with Crippen LogP contribution in [0.1, 0.15) is 19.8 Å². The van der Waals surface area contributed by atoms with E-state index < -0.39 is 26.8 Å². The normalized spacial score (nSPS) is 15.6. The highest BCUT2D eigenvalue weighted by Gasteiger charge is 2.25. The SMILES string of the molecule is CC1CCN(c2nc(=O)c3cc([N+](=O)[O-])cc([N+](=O)[O-])c3s2)CC1. The molecule has 1 aromatic carbocycles. The molecular weight excluding hydrogens is 336 g/mol. The minimum Gasteiger partial charge on any atom is -0.348 e. The number of hydrogen-bond donors (Lipinski definition) is 0. The average Bonchev–Trinajstić information content (AvgIpc) is 2.54. The molecule has 0 spiro atoms. The number of non-ortho nitro benzene ring substituents is 2. The zero-order chi connectivity index (χ0) is 17.4. The molecule has 24 heavy (non-hydrogen) atoms. The second-order valence-electron chi connectivity index (χ2n) is 5.83. The monoisotopic (exact) mass is 350 g/mol. The molecule has 9 nitrogen and oxygen atoms in total. The van der Waals surface area contributed by atoms with E-state index >= 15 is 0 Å². The molecule has 1 aliphatic rings. The summed E-state index contributed by atoms with van der Waals surface area (Å²) in [6, 6.07) is 1.94. The topological polar surface area (TPSA) is 119 Å². The molecule has 1 fully saturated rings. The maximum atomic E-state index is 12.3. The summed E-state index contributed by atoms with van der Waals surface area (Å²) in [6.45, 7) is 3.62. The summed E-state index contributed by atoms with van der Waals surface area (Å²) in [7, 11) is 0. The average molecular weight is 350 g/mol. The summed E-state index contributed by atoms with van der Waals surface area (Å²) < 4.78 is 0.124. The van der Waals surface area contributed by atoms with Crippen molar-refractivity contribution in [3.63, 3.8) is 0 Å². The van der Waals surface area contributed by atoms with Crippen LogP contribution in [0.3, 0.4) is 0 Å². The van der Waals surface area contributed by atoms with Gasteiger partial charge in [-0.3, -0.25) is 25.0 Å². The van der Waals surface area contributed by atoms with Crippen LogP contribution in [0.5, 0.6) is 0 Å². The van der Waals surface area contributed by atoms with Gasteiger partial charge in [-0.2, -0.15) is 4.98 Å². The van der Waals surface area contributed by atoms with E-state index in [9.17, 15) is 25.0 Å². The first kappa shape index (κ1) is 16.2. The van der Waals surface area contributed by atoms with E-state index in [2.05, 4.69) is 11.9 Å². The maximum absolute atomic E-state index is 12.3. The van der Waals surface area contributed by atoms with Gasteiger partial charge in [-0.1, -0.05) is 18.3 Å². The summed E-state index contributed by atoms with van der Waals surface area (Å²) >= 11 is 1.03. The van der Waals surface area contributed by atoms with Crippen LogP contribution in [0, 0.1) is 26.1 Å². The van der Waals surface area contributed by atoms with Gasteiger partial charge in [0.15, 0.2) is 5.13 Å². The van der Waals surface area contributed by atoms with Crippen LogP contribution >= 0.6 is 11.3 Å². The van der Waals surface area contributed by atoms with Crippen LogP contribution in [0.15, 0.2) is 16.9 Å². The molecule has 0 N–H and O–H groups in total. The molecule has 126 valence electrons. The zero-order valence-electron chi connectivity index (χ0n) is 12.8. The molecule has 0 aliphatic carbocycles. The highest BCUT2D eigenvalue weighted by molar-refractivity contribution is 7.22. The summed E-state index contributed by atoms with van der Waals surface area (Å²) in [5.41, 5.74) is -1.60. The molecule has 10 heteroatoms. The molecule has 1 aliphatic heterocycles. The maximum Gasteiger partial charge on any atom is 0.294 e. The van der Waals surface area contributed by atoms with E-state index in [-0.39, 0.29) is 10.1 Å². The van der Waals surface area contributed by atoms with Gasteiger partial charge >= 0.3 is 0 Å². The molecule has 2 heterocycles. The second kappa shape index (κ2) is 6.11. The second-order valence-corrected chi connectivity index (χ2v) is 6.80. The van der Waals surface area contributed by atoms with Gasteiger partial charge in [-0.05, 0) is 18.8 Å². The lowest BCUT2D eigenvalue weighted by Crippen LogP contribution is -2.33. The van der Waals surface area contributed by atoms with Gasteiger partial charge in [0.05, 0.1) is 21.3 Å². The van der Waals surface area contributed by atoms with Crippen LogP contribution in [0.4, 0.5) is 16.5 Å². The van der Waals surface area contributed by atoms with Crippen molar-refractivity contribution in [2.45, 2.75) is 19.8 Å². The molecule has 0 bridgehead atoms. The number of piperidine rings is 1. The van der Waals surface area contributed by atoms with Crippen molar-refractivity contribution in [3.8, 4) is 0 Å². The van der Waals surface area contributed by atoms with E-state index in [0.717, 1.165) is 49.4 Å². The molecule has 3 rings (SSSR count). The van der Waals surface area contributed by atoms with Crippen molar-refractivity contribution in [2.75, 3.05) is 18.0 Å². The van der Waals surface area contributed by atoms with Crippen molar-refractivity contribution in [3.05, 3.63) is 42.7 Å². The minimum absolute atomic E-state index is 0.0879. The van der Waals surface area contributed by atoms with Gasteiger partial charge < -0.3 is 4.90 Å². The first-order chi connectivity index (χ1) is 11.4. The molecule has 1 aromatic heterocycles. The number of anilines is 1. The fourth-order valence-electron chi connectivity index (χ4n) is 2.70. The lowest BCUT2D eigenvalue weighted by molar-refractivity contribution is -0.392. The summed E-state index contributed by atoms with van der Waals surface area (Å²) in [6.07, 6.45) is 1.92. The van der Waals surface area contributed by atoms with E-state index in [1.807, 2.05) is 4.90 Å². The predicted molar refractivity (Wildman–Crippen MR) is 89.8 cm³/mol. The number of nitrogens with zero attached hydrogens (tertiary/aromatic N) is 4. The van der Waals surface area contributed by atoms with E-state index in [1.54, 1.807) is 0 Å². The van der Waals surface area contributed by atoms with Crippen LogP contribution in [-0.4, -0.2) is 27.9 Å².